The van der Waals surface area contributed by atoms with E-state index in [1.807, 2.05) is 0 Å². The number of hydrogen-bond acceptors (Lipinski definition) is 3. The molecule has 1 aliphatic rings. The molecule has 3 nitrogen and oxygen atoms in total. The van der Waals surface area contributed by atoms with Crippen molar-refractivity contribution in [3.8, 4) is 0 Å². The highest BCUT2D eigenvalue weighted by Gasteiger charge is 2.18. The number of halogens is 1. The van der Waals surface area contributed by atoms with Crippen LogP contribution in [0.15, 0.2) is 18.2 Å². The second kappa shape index (κ2) is 7.30. The van der Waals surface area contributed by atoms with Gasteiger partial charge in [-0.25, -0.2) is 0 Å². The first-order valence-electron chi connectivity index (χ1n) is 7.56. The zero-order chi connectivity index (χ0) is 14.5. The molecule has 0 unspecified atom stereocenters. The minimum Gasteiger partial charge on any atom is -0.369 e. The first-order chi connectivity index (χ1) is 9.60. The smallest absolute Gasteiger partial charge is 0.0459 e. The van der Waals surface area contributed by atoms with Crippen molar-refractivity contribution < 1.29 is 0 Å². The minimum atomic E-state index is 0.646. The Balaban J connectivity index is 1.95. The summed E-state index contributed by atoms with van der Waals surface area (Å²) in [7, 11) is 0. The zero-order valence-electron chi connectivity index (χ0n) is 12.6. The largest absolute Gasteiger partial charge is 0.369 e. The van der Waals surface area contributed by atoms with E-state index in [0.717, 1.165) is 49.1 Å². The van der Waals surface area contributed by atoms with E-state index in [0.29, 0.717) is 6.54 Å². The third-order valence-electron chi connectivity index (χ3n) is 3.81. The number of nitrogens with two attached hydrogens (primary N) is 1. The van der Waals surface area contributed by atoms with Gasteiger partial charge in [-0.2, -0.15) is 0 Å². The van der Waals surface area contributed by atoms with Gasteiger partial charge in [0.15, 0.2) is 0 Å². The number of benzene rings is 1. The van der Waals surface area contributed by atoms with Crippen molar-refractivity contribution >= 4 is 17.3 Å². The van der Waals surface area contributed by atoms with Crippen molar-refractivity contribution in [2.45, 2.75) is 20.3 Å². The molecule has 1 saturated heterocycles. The normalized spacial score (nSPS) is 16.9. The first kappa shape index (κ1) is 15.6. The highest BCUT2D eigenvalue weighted by atomic mass is 35.5. The van der Waals surface area contributed by atoms with Crippen molar-refractivity contribution in [1.82, 2.24) is 4.90 Å². The molecule has 4 heteroatoms. The van der Waals surface area contributed by atoms with Gasteiger partial charge in [0.25, 0.3) is 0 Å². The summed E-state index contributed by atoms with van der Waals surface area (Å²) in [5.41, 5.74) is 7.98. The van der Waals surface area contributed by atoms with E-state index < -0.39 is 0 Å². The van der Waals surface area contributed by atoms with E-state index in [9.17, 15) is 0 Å². The predicted octanol–water partition coefficient (Wildman–Crippen LogP) is 2.62. The molecule has 0 aliphatic carbocycles. The molecule has 0 atom stereocenters. The Morgan fingerprint density at radius 1 is 1.20 bits per heavy atom. The van der Waals surface area contributed by atoms with Crippen LogP contribution in [-0.4, -0.2) is 44.2 Å². The van der Waals surface area contributed by atoms with Crippen molar-refractivity contribution in [2.75, 3.05) is 44.2 Å². The van der Waals surface area contributed by atoms with Crippen molar-refractivity contribution in [2.24, 2.45) is 11.7 Å². The maximum absolute atomic E-state index is 6.33. The van der Waals surface area contributed by atoms with Crippen LogP contribution in [0.25, 0.3) is 0 Å². The summed E-state index contributed by atoms with van der Waals surface area (Å²) < 4.78 is 0. The van der Waals surface area contributed by atoms with E-state index in [1.54, 1.807) is 0 Å². The molecule has 1 aromatic carbocycles. The summed E-state index contributed by atoms with van der Waals surface area (Å²) in [5, 5.41) is 0.845. The Labute approximate surface area is 127 Å². The van der Waals surface area contributed by atoms with Crippen LogP contribution in [0.4, 0.5) is 5.69 Å². The third kappa shape index (κ3) is 4.11. The van der Waals surface area contributed by atoms with E-state index in [-0.39, 0.29) is 0 Å². The average Bonchev–Trinajstić information content (AvgIpc) is 2.41. The Morgan fingerprint density at radius 2 is 1.90 bits per heavy atom. The molecular formula is C16H26ClN3. The third-order valence-corrected chi connectivity index (χ3v) is 4.16. The molecule has 0 saturated carbocycles. The lowest BCUT2D eigenvalue weighted by Crippen LogP contribution is -2.47. The quantitative estimate of drug-likeness (QED) is 0.906. The van der Waals surface area contributed by atoms with Crippen molar-refractivity contribution in [3.63, 3.8) is 0 Å². The fourth-order valence-electron chi connectivity index (χ4n) is 2.80. The second-order valence-corrected chi connectivity index (χ2v) is 6.40. The molecule has 1 fully saturated rings. The molecule has 1 heterocycles. The molecule has 0 radical (unpaired) electrons. The summed E-state index contributed by atoms with van der Waals surface area (Å²) in [5.74, 6) is 0.742. The molecule has 0 spiro atoms. The summed E-state index contributed by atoms with van der Waals surface area (Å²) in [6.45, 7) is 10.8. The number of piperazine rings is 1. The minimum absolute atomic E-state index is 0.646. The lowest BCUT2D eigenvalue weighted by Gasteiger charge is -2.37. The van der Waals surface area contributed by atoms with Gasteiger partial charge in [-0.3, -0.25) is 4.90 Å². The predicted molar refractivity (Wildman–Crippen MR) is 87.7 cm³/mol. The maximum Gasteiger partial charge on any atom is 0.0459 e. The monoisotopic (exact) mass is 295 g/mol. The topological polar surface area (TPSA) is 32.5 Å². The van der Waals surface area contributed by atoms with Gasteiger partial charge in [0.05, 0.1) is 0 Å². The van der Waals surface area contributed by atoms with Crippen LogP contribution in [0.1, 0.15) is 19.4 Å². The number of hydrogen-bond donors (Lipinski definition) is 1. The van der Waals surface area contributed by atoms with E-state index in [4.69, 9.17) is 17.3 Å². The molecular weight excluding hydrogens is 270 g/mol. The van der Waals surface area contributed by atoms with Crippen LogP contribution in [0.5, 0.6) is 0 Å². The van der Waals surface area contributed by atoms with Gasteiger partial charge in [-0.15, -0.1) is 0 Å². The highest BCUT2D eigenvalue weighted by molar-refractivity contribution is 6.31. The van der Waals surface area contributed by atoms with Gasteiger partial charge >= 0.3 is 0 Å². The van der Waals surface area contributed by atoms with Crippen LogP contribution in [0.3, 0.4) is 0 Å². The van der Waals surface area contributed by atoms with Crippen molar-refractivity contribution in [3.05, 3.63) is 28.8 Å². The van der Waals surface area contributed by atoms with Crippen LogP contribution in [0, 0.1) is 5.92 Å². The lowest BCUT2D eigenvalue weighted by atomic mass is 10.1. The summed E-state index contributed by atoms with van der Waals surface area (Å²) in [6, 6.07) is 6.38. The molecule has 2 rings (SSSR count). The number of nitrogens with zero attached hydrogens (tertiary/aromatic N) is 2. The lowest BCUT2D eigenvalue weighted by molar-refractivity contribution is 0.231. The van der Waals surface area contributed by atoms with E-state index in [2.05, 4.69) is 41.8 Å². The molecule has 0 aromatic heterocycles. The highest BCUT2D eigenvalue weighted by Crippen LogP contribution is 2.25. The Hall–Kier alpha value is -0.770. The van der Waals surface area contributed by atoms with Gasteiger partial charge < -0.3 is 10.6 Å². The summed E-state index contributed by atoms with van der Waals surface area (Å²) >= 11 is 6.33. The molecule has 1 aliphatic heterocycles. The van der Waals surface area contributed by atoms with Gasteiger partial charge in [0.2, 0.25) is 0 Å². The molecule has 0 bridgehead atoms. The number of anilines is 1. The average molecular weight is 296 g/mol. The fourth-order valence-corrected chi connectivity index (χ4v) is 3.07. The zero-order valence-corrected chi connectivity index (χ0v) is 13.4. The standard InChI is InChI=1S/C16H26ClN3/c1-13(2)12-19-7-9-20(10-8-19)15-4-3-14(5-6-18)16(17)11-15/h3-4,11,13H,5-10,12,18H2,1-2H3. The van der Waals surface area contributed by atoms with Crippen LogP contribution in [-0.2, 0) is 6.42 Å². The summed E-state index contributed by atoms with van der Waals surface area (Å²) in [6.07, 6.45) is 0.848. The Kier molecular flexibility index (Phi) is 5.70. The molecule has 20 heavy (non-hydrogen) atoms. The van der Waals surface area contributed by atoms with Crippen LogP contribution in [0.2, 0.25) is 5.02 Å². The van der Waals surface area contributed by atoms with Crippen molar-refractivity contribution in [1.29, 1.82) is 0 Å². The second-order valence-electron chi connectivity index (χ2n) is 6.00. The van der Waals surface area contributed by atoms with Gasteiger partial charge in [-0.05, 0) is 36.6 Å². The molecule has 112 valence electrons. The summed E-state index contributed by atoms with van der Waals surface area (Å²) in [4.78, 5) is 4.97. The van der Waals surface area contributed by atoms with Gasteiger partial charge in [0.1, 0.15) is 0 Å². The first-order valence-corrected chi connectivity index (χ1v) is 7.93. The van der Waals surface area contributed by atoms with Gasteiger partial charge in [-0.1, -0.05) is 31.5 Å². The van der Waals surface area contributed by atoms with Gasteiger partial charge in [0, 0.05) is 43.4 Å². The molecule has 2 N–H and O–H groups in total. The SMILES string of the molecule is CC(C)CN1CCN(c2ccc(CCN)c(Cl)c2)CC1. The fraction of sp³-hybridized carbons (Fsp3) is 0.625. The Bertz CT molecular complexity index is 426. The van der Waals surface area contributed by atoms with Crippen LogP contribution >= 0.6 is 11.6 Å². The number of rotatable bonds is 5. The van der Waals surface area contributed by atoms with Crippen LogP contribution < -0.4 is 10.6 Å². The van der Waals surface area contributed by atoms with E-state index >= 15 is 0 Å². The Morgan fingerprint density at radius 3 is 2.45 bits per heavy atom. The van der Waals surface area contributed by atoms with E-state index in [1.165, 1.54) is 12.2 Å². The maximum atomic E-state index is 6.33. The molecule has 1 aromatic rings. The molecule has 0 amide bonds.